The van der Waals surface area contributed by atoms with E-state index < -0.39 is 23.6 Å². The van der Waals surface area contributed by atoms with E-state index >= 15 is 0 Å². The molecule has 2 amide bonds. The number of aromatic nitrogens is 2. The fourth-order valence-electron chi connectivity index (χ4n) is 2.16. The van der Waals surface area contributed by atoms with Crippen molar-refractivity contribution < 1.29 is 22.8 Å². The highest BCUT2D eigenvalue weighted by Gasteiger charge is 2.31. The van der Waals surface area contributed by atoms with Gasteiger partial charge >= 0.3 is 12.2 Å². The number of nitrogens with zero attached hydrogens (tertiary/aromatic N) is 2. The first-order valence-corrected chi connectivity index (χ1v) is 9.29. The number of nitrogens with one attached hydrogen (secondary N) is 2. The van der Waals surface area contributed by atoms with Crippen LogP contribution in [0.15, 0.2) is 42.5 Å². The maximum atomic E-state index is 12.8. The first kappa shape index (κ1) is 21.0. The maximum absolute atomic E-state index is 12.8. The largest absolute Gasteiger partial charge is 0.416 e. The summed E-state index contributed by atoms with van der Waals surface area (Å²) >= 11 is 12.4. The summed E-state index contributed by atoms with van der Waals surface area (Å²) in [6.07, 6.45) is -4.58. The first-order valence-electron chi connectivity index (χ1n) is 7.72. The molecule has 3 aromatic rings. The third-order valence-corrected chi connectivity index (χ3v) is 5.05. The van der Waals surface area contributed by atoms with Crippen LogP contribution in [0, 0.1) is 0 Å². The molecule has 2 aromatic carbocycles. The predicted molar refractivity (Wildman–Crippen MR) is 104 cm³/mol. The van der Waals surface area contributed by atoms with Gasteiger partial charge in [0.25, 0.3) is 0 Å². The van der Waals surface area contributed by atoms with Gasteiger partial charge in [0.2, 0.25) is 10.9 Å². The molecular formula is C17H9Cl2F3N4O2S. The Morgan fingerprint density at radius 1 is 0.966 bits per heavy atom. The van der Waals surface area contributed by atoms with Gasteiger partial charge < -0.3 is 5.32 Å². The van der Waals surface area contributed by atoms with Crippen LogP contribution in [0.5, 0.6) is 0 Å². The summed E-state index contributed by atoms with van der Waals surface area (Å²) in [5, 5.41) is 12.5. The van der Waals surface area contributed by atoms with Gasteiger partial charge in [0, 0.05) is 11.3 Å². The molecule has 0 saturated heterocycles. The van der Waals surface area contributed by atoms with Crippen LogP contribution in [0.2, 0.25) is 10.0 Å². The Morgan fingerprint density at radius 2 is 1.72 bits per heavy atom. The number of hydrogen-bond donors (Lipinski definition) is 2. The molecule has 2 N–H and O–H groups in total. The van der Waals surface area contributed by atoms with Crippen LogP contribution < -0.4 is 10.6 Å². The number of carbonyl (C=O) groups is 2. The third-order valence-electron chi connectivity index (χ3n) is 3.47. The molecule has 0 spiro atoms. The lowest BCUT2D eigenvalue weighted by Gasteiger charge is -2.07. The van der Waals surface area contributed by atoms with E-state index in [1.54, 1.807) is 0 Å². The molecule has 0 saturated carbocycles. The molecule has 3 rings (SSSR count). The fraction of sp³-hybridized carbons (Fsp3) is 0.0588. The molecule has 0 atom stereocenters. The van der Waals surface area contributed by atoms with Crippen LogP contribution in [0.25, 0.3) is 0 Å². The second-order valence-electron chi connectivity index (χ2n) is 5.53. The van der Waals surface area contributed by atoms with Crippen LogP contribution in [0.1, 0.15) is 20.9 Å². The zero-order valence-corrected chi connectivity index (χ0v) is 16.4. The van der Waals surface area contributed by atoms with Gasteiger partial charge in [-0.2, -0.15) is 13.2 Å². The SMILES string of the molecule is O=C(Nc1ccc(Cl)c(Cl)c1)Nc1nnc(C(=O)c2cccc(C(F)(F)F)c2)s1. The van der Waals surface area contributed by atoms with Crippen molar-refractivity contribution in [3.8, 4) is 0 Å². The molecular weight excluding hydrogens is 452 g/mol. The maximum Gasteiger partial charge on any atom is 0.416 e. The monoisotopic (exact) mass is 460 g/mol. The fourth-order valence-corrected chi connectivity index (χ4v) is 3.16. The van der Waals surface area contributed by atoms with E-state index in [1.165, 1.54) is 24.3 Å². The van der Waals surface area contributed by atoms with E-state index in [-0.39, 0.29) is 20.7 Å². The number of alkyl halides is 3. The van der Waals surface area contributed by atoms with Gasteiger partial charge in [-0.15, -0.1) is 10.2 Å². The van der Waals surface area contributed by atoms with Crippen LogP contribution >= 0.6 is 34.5 Å². The number of rotatable bonds is 4. The highest BCUT2D eigenvalue weighted by Crippen LogP contribution is 2.30. The molecule has 0 unspecified atom stereocenters. The van der Waals surface area contributed by atoms with Crippen molar-refractivity contribution in [2.75, 3.05) is 10.6 Å². The van der Waals surface area contributed by atoms with E-state index in [4.69, 9.17) is 23.2 Å². The van der Waals surface area contributed by atoms with Crippen molar-refractivity contribution in [3.63, 3.8) is 0 Å². The van der Waals surface area contributed by atoms with E-state index in [1.807, 2.05) is 0 Å². The van der Waals surface area contributed by atoms with Gasteiger partial charge in [-0.1, -0.05) is 46.7 Å². The number of benzene rings is 2. The second kappa shape index (κ2) is 8.36. The topological polar surface area (TPSA) is 84.0 Å². The zero-order valence-electron chi connectivity index (χ0n) is 14.1. The Labute approximate surface area is 175 Å². The van der Waals surface area contributed by atoms with Crippen LogP contribution in [0.3, 0.4) is 0 Å². The van der Waals surface area contributed by atoms with Crippen molar-refractivity contribution in [1.29, 1.82) is 0 Å². The average molecular weight is 461 g/mol. The summed E-state index contributed by atoms with van der Waals surface area (Å²) in [6.45, 7) is 0. The number of amides is 2. The van der Waals surface area contributed by atoms with E-state index in [2.05, 4.69) is 20.8 Å². The number of ketones is 1. The van der Waals surface area contributed by atoms with Gasteiger partial charge in [0.1, 0.15) is 0 Å². The van der Waals surface area contributed by atoms with E-state index in [0.29, 0.717) is 10.7 Å². The summed E-state index contributed by atoms with van der Waals surface area (Å²) in [5.41, 5.74) is -0.781. The van der Waals surface area contributed by atoms with Gasteiger partial charge in [0.15, 0.2) is 5.01 Å². The smallest absolute Gasteiger partial charge is 0.308 e. The molecule has 1 aromatic heterocycles. The standard InChI is InChI=1S/C17H9Cl2F3N4O2S/c18-11-5-4-10(7-12(11)19)23-15(28)24-16-26-25-14(29-16)13(27)8-2-1-3-9(6-8)17(20,21)22/h1-7H,(H2,23,24,26,28). The molecule has 1 heterocycles. The lowest BCUT2D eigenvalue weighted by atomic mass is 10.1. The van der Waals surface area contributed by atoms with E-state index in [9.17, 15) is 22.8 Å². The summed E-state index contributed by atoms with van der Waals surface area (Å²) in [6, 6.07) is 7.73. The zero-order chi connectivity index (χ0) is 21.2. The highest BCUT2D eigenvalue weighted by molar-refractivity contribution is 7.17. The Balaban J connectivity index is 1.69. The quantitative estimate of drug-likeness (QED) is 0.486. The number of halogens is 5. The Kier molecular flexibility index (Phi) is 6.06. The van der Waals surface area contributed by atoms with Crippen molar-refractivity contribution in [3.05, 3.63) is 68.6 Å². The van der Waals surface area contributed by atoms with Gasteiger partial charge in [-0.3, -0.25) is 10.1 Å². The van der Waals surface area contributed by atoms with Crippen LogP contribution in [0.4, 0.5) is 28.8 Å². The number of hydrogen-bond acceptors (Lipinski definition) is 5. The summed E-state index contributed by atoms with van der Waals surface area (Å²) in [4.78, 5) is 24.4. The highest BCUT2D eigenvalue weighted by atomic mass is 35.5. The average Bonchev–Trinajstić information content (AvgIpc) is 3.12. The first-order chi connectivity index (χ1) is 13.6. The minimum absolute atomic E-state index is 0.0158. The van der Waals surface area contributed by atoms with Gasteiger partial charge in [-0.05, 0) is 30.3 Å². The normalized spacial score (nSPS) is 11.2. The minimum Gasteiger partial charge on any atom is -0.308 e. The minimum atomic E-state index is -4.58. The molecule has 0 fully saturated rings. The molecule has 0 aliphatic rings. The molecule has 6 nitrogen and oxygen atoms in total. The Hall–Kier alpha value is -2.69. The summed E-state index contributed by atoms with van der Waals surface area (Å²) in [5.74, 6) is -0.744. The summed E-state index contributed by atoms with van der Waals surface area (Å²) < 4.78 is 38.4. The van der Waals surface area contributed by atoms with Gasteiger partial charge in [0.05, 0.1) is 15.6 Å². The second-order valence-corrected chi connectivity index (χ2v) is 7.32. The predicted octanol–water partition coefficient (Wildman–Crippen LogP) is 5.74. The van der Waals surface area contributed by atoms with Crippen LogP contribution in [-0.2, 0) is 6.18 Å². The number of urea groups is 1. The molecule has 0 aliphatic carbocycles. The molecule has 0 bridgehead atoms. The third kappa shape index (κ3) is 5.22. The lowest BCUT2D eigenvalue weighted by molar-refractivity contribution is -0.137. The Bertz CT molecular complexity index is 1090. The summed E-state index contributed by atoms with van der Waals surface area (Å²) in [7, 11) is 0. The van der Waals surface area contributed by atoms with Crippen molar-refractivity contribution >= 4 is 57.2 Å². The molecule has 0 radical (unpaired) electrons. The lowest BCUT2D eigenvalue weighted by Crippen LogP contribution is -2.19. The molecule has 29 heavy (non-hydrogen) atoms. The number of anilines is 2. The van der Waals surface area contributed by atoms with Crippen molar-refractivity contribution in [2.45, 2.75) is 6.18 Å². The molecule has 0 aliphatic heterocycles. The molecule has 150 valence electrons. The van der Waals surface area contributed by atoms with Crippen molar-refractivity contribution in [1.82, 2.24) is 10.2 Å². The Morgan fingerprint density at radius 3 is 2.41 bits per heavy atom. The van der Waals surface area contributed by atoms with Crippen molar-refractivity contribution in [2.24, 2.45) is 0 Å². The van der Waals surface area contributed by atoms with Crippen LogP contribution in [-0.4, -0.2) is 22.0 Å². The number of carbonyl (C=O) groups excluding carboxylic acids is 2. The van der Waals surface area contributed by atoms with E-state index in [0.717, 1.165) is 29.5 Å². The van der Waals surface area contributed by atoms with Gasteiger partial charge in [-0.25, -0.2) is 4.79 Å². The molecule has 12 heteroatoms.